The van der Waals surface area contributed by atoms with Crippen LogP contribution in [0.5, 0.6) is 0 Å². The molecule has 1 aliphatic rings. The summed E-state index contributed by atoms with van der Waals surface area (Å²) in [5.74, 6) is 5.82. The van der Waals surface area contributed by atoms with Gasteiger partial charge in [-0.2, -0.15) is 0 Å². The maximum Gasteiger partial charge on any atom is 0.250 e. The summed E-state index contributed by atoms with van der Waals surface area (Å²) in [5.41, 5.74) is 2.60. The van der Waals surface area contributed by atoms with Gasteiger partial charge in [0, 0.05) is 0 Å². The number of nitrogens with two attached hydrogens (primary N) is 1. The van der Waals surface area contributed by atoms with Gasteiger partial charge in [-0.25, -0.2) is 5.84 Å². The van der Waals surface area contributed by atoms with E-state index in [9.17, 15) is 4.79 Å². The van der Waals surface area contributed by atoms with E-state index in [1.165, 1.54) is 12.8 Å². The summed E-state index contributed by atoms with van der Waals surface area (Å²) in [4.78, 5) is 13.6. The number of carbonyl (C=O) groups is 1. The molecule has 1 saturated heterocycles. The van der Waals surface area contributed by atoms with Crippen molar-refractivity contribution in [2.24, 2.45) is 17.2 Å². The fraction of sp³-hybridized carbons (Fsp3) is 0.917. The zero-order chi connectivity index (χ0) is 12.3. The smallest absolute Gasteiger partial charge is 0.250 e. The second-order valence-corrected chi connectivity index (χ2v) is 5.86. The van der Waals surface area contributed by atoms with Crippen molar-refractivity contribution >= 4 is 5.91 Å². The third-order valence-corrected chi connectivity index (χ3v) is 3.82. The van der Waals surface area contributed by atoms with Crippen molar-refractivity contribution in [1.29, 1.82) is 0 Å². The molecule has 1 unspecified atom stereocenters. The first-order valence-electron chi connectivity index (χ1n) is 6.10. The van der Waals surface area contributed by atoms with Crippen LogP contribution in [-0.2, 0) is 4.79 Å². The fourth-order valence-corrected chi connectivity index (χ4v) is 2.44. The minimum Gasteiger partial charge on any atom is -0.293 e. The van der Waals surface area contributed by atoms with E-state index >= 15 is 0 Å². The second-order valence-electron chi connectivity index (χ2n) is 5.86. The lowest BCUT2D eigenvalue weighted by atomic mass is 9.75. The van der Waals surface area contributed by atoms with E-state index in [-0.39, 0.29) is 11.9 Å². The van der Waals surface area contributed by atoms with E-state index in [1.54, 1.807) is 0 Å². The van der Waals surface area contributed by atoms with Crippen molar-refractivity contribution in [2.75, 3.05) is 13.1 Å². The van der Waals surface area contributed by atoms with Gasteiger partial charge in [0.2, 0.25) is 0 Å². The van der Waals surface area contributed by atoms with Gasteiger partial charge in [-0.05, 0) is 44.2 Å². The molecule has 3 N–H and O–H groups in total. The summed E-state index contributed by atoms with van der Waals surface area (Å²) >= 11 is 0. The molecule has 1 heterocycles. The Labute approximate surface area is 98.5 Å². The molecule has 1 rings (SSSR count). The van der Waals surface area contributed by atoms with Crippen LogP contribution in [0.25, 0.3) is 0 Å². The molecule has 0 aromatic carbocycles. The number of carbonyl (C=O) groups excluding carboxylic acids is 1. The molecule has 4 nitrogen and oxygen atoms in total. The van der Waals surface area contributed by atoms with Crippen LogP contribution < -0.4 is 11.3 Å². The first-order valence-corrected chi connectivity index (χ1v) is 6.10. The molecule has 1 fully saturated rings. The van der Waals surface area contributed by atoms with Gasteiger partial charge < -0.3 is 0 Å². The van der Waals surface area contributed by atoms with E-state index in [1.807, 2.05) is 6.92 Å². The Morgan fingerprint density at radius 1 is 1.38 bits per heavy atom. The number of nitrogens with one attached hydrogen (secondary N) is 1. The van der Waals surface area contributed by atoms with Gasteiger partial charge in [-0.1, -0.05) is 20.8 Å². The lowest BCUT2D eigenvalue weighted by Gasteiger charge is -2.40. The molecule has 1 amide bonds. The molecule has 1 atom stereocenters. The Morgan fingerprint density at radius 3 is 2.25 bits per heavy atom. The average molecular weight is 227 g/mol. The molecule has 0 aromatic heterocycles. The molecule has 0 aliphatic carbocycles. The predicted octanol–water partition coefficient (Wildman–Crippen LogP) is 1.12. The minimum absolute atomic E-state index is 0.0887. The van der Waals surface area contributed by atoms with Crippen LogP contribution >= 0.6 is 0 Å². The van der Waals surface area contributed by atoms with Crippen LogP contribution in [0, 0.1) is 11.3 Å². The Hall–Kier alpha value is -0.610. The summed E-state index contributed by atoms with van der Waals surface area (Å²) in [6.07, 6.45) is 2.34. The molecule has 0 bridgehead atoms. The van der Waals surface area contributed by atoms with Crippen LogP contribution in [0.2, 0.25) is 0 Å². The highest BCUT2D eigenvalue weighted by Gasteiger charge is 2.31. The maximum absolute atomic E-state index is 11.4. The highest BCUT2D eigenvalue weighted by molar-refractivity contribution is 5.80. The molecular weight excluding hydrogens is 202 g/mol. The number of hydrazine groups is 1. The standard InChI is InChI=1S/C12H25N3O/c1-9(11(16)14-13)15-7-5-10(6-8-15)12(2,3)4/h9-10H,5-8,13H2,1-4H3,(H,14,16). The maximum atomic E-state index is 11.4. The monoisotopic (exact) mass is 227 g/mol. The van der Waals surface area contributed by atoms with Gasteiger partial charge in [0.05, 0.1) is 6.04 Å². The number of amides is 1. The van der Waals surface area contributed by atoms with Crippen molar-refractivity contribution < 1.29 is 4.79 Å². The third kappa shape index (κ3) is 3.19. The van der Waals surface area contributed by atoms with Crippen LogP contribution in [0.15, 0.2) is 0 Å². The van der Waals surface area contributed by atoms with E-state index in [0.717, 1.165) is 19.0 Å². The van der Waals surface area contributed by atoms with Gasteiger partial charge >= 0.3 is 0 Å². The largest absolute Gasteiger partial charge is 0.293 e. The van der Waals surface area contributed by atoms with Gasteiger partial charge in [-0.15, -0.1) is 0 Å². The number of hydrogen-bond donors (Lipinski definition) is 2. The van der Waals surface area contributed by atoms with Gasteiger partial charge in [0.25, 0.3) is 5.91 Å². The van der Waals surface area contributed by atoms with E-state index in [0.29, 0.717) is 5.41 Å². The van der Waals surface area contributed by atoms with Crippen LogP contribution in [0.1, 0.15) is 40.5 Å². The SMILES string of the molecule is CC(C(=O)NN)N1CCC(C(C)(C)C)CC1. The lowest BCUT2D eigenvalue weighted by molar-refractivity contribution is -0.126. The Kier molecular flexibility index (Phi) is 4.33. The normalized spacial score (nSPS) is 21.8. The number of hydrogen-bond acceptors (Lipinski definition) is 3. The van der Waals surface area contributed by atoms with Gasteiger partial charge in [-0.3, -0.25) is 15.1 Å². The second kappa shape index (κ2) is 5.15. The third-order valence-electron chi connectivity index (χ3n) is 3.82. The molecule has 4 heteroatoms. The molecule has 94 valence electrons. The summed E-state index contributed by atoms with van der Waals surface area (Å²) in [7, 11) is 0. The molecule has 0 aromatic rings. The van der Waals surface area contributed by atoms with Crippen molar-refractivity contribution in [3.8, 4) is 0 Å². The highest BCUT2D eigenvalue weighted by atomic mass is 16.2. The Balaban J connectivity index is 2.46. The van der Waals surface area contributed by atoms with Crippen molar-refractivity contribution in [3.63, 3.8) is 0 Å². The number of piperidine rings is 1. The summed E-state index contributed by atoms with van der Waals surface area (Å²) in [6.45, 7) is 10.8. The van der Waals surface area contributed by atoms with E-state index in [4.69, 9.17) is 5.84 Å². The van der Waals surface area contributed by atoms with E-state index in [2.05, 4.69) is 31.1 Å². The summed E-state index contributed by atoms with van der Waals surface area (Å²) in [5, 5.41) is 0. The summed E-state index contributed by atoms with van der Waals surface area (Å²) in [6, 6.07) is -0.106. The first-order chi connectivity index (χ1) is 7.36. The highest BCUT2D eigenvalue weighted by Crippen LogP contribution is 2.34. The Morgan fingerprint density at radius 2 is 1.88 bits per heavy atom. The van der Waals surface area contributed by atoms with Gasteiger partial charge in [0.1, 0.15) is 0 Å². The van der Waals surface area contributed by atoms with Crippen LogP contribution in [-0.4, -0.2) is 29.9 Å². The first kappa shape index (κ1) is 13.5. The quantitative estimate of drug-likeness (QED) is 0.422. The molecule has 16 heavy (non-hydrogen) atoms. The van der Waals surface area contributed by atoms with E-state index < -0.39 is 0 Å². The van der Waals surface area contributed by atoms with Crippen molar-refractivity contribution in [2.45, 2.75) is 46.6 Å². The average Bonchev–Trinajstić information content (AvgIpc) is 2.26. The van der Waals surface area contributed by atoms with Gasteiger partial charge in [0.15, 0.2) is 0 Å². The predicted molar refractivity (Wildman–Crippen MR) is 65.5 cm³/mol. The zero-order valence-corrected chi connectivity index (χ0v) is 10.9. The zero-order valence-electron chi connectivity index (χ0n) is 10.9. The fourth-order valence-electron chi connectivity index (χ4n) is 2.44. The summed E-state index contributed by atoms with van der Waals surface area (Å²) < 4.78 is 0. The molecule has 0 saturated carbocycles. The number of rotatable bonds is 2. The van der Waals surface area contributed by atoms with Crippen LogP contribution in [0.4, 0.5) is 0 Å². The number of likely N-dealkylation sites (tertiary alicyclic amines) is 1. The van der Waals surface area contributed by atoms with Crippen molar-refractivity contribution in [3.05, 3.63) is 0 Å². The van der Waals surface area contributed by atoms with Crippen LogP contribution in [0.3, 0.4) is 0 Å². The van der Waals surface area contributed by atoms with Crippen molar-refractivity contribution in [1.82, 2.24) is 10.3 Å². The molecule has 0 spiro atoms. The molecular formula is C12H25N3O. The molecule has 1 aliphatic heterocycles. The lowest BCUT2D eigenvalue weighted by Crippen LogP contribution is -2.50. The number of nitrogens with zero attached hydrogens (tertiary/aromatic N) is 1. The topological polar surface area (TPSA) is 58.4 Å². The Bertz CT molecular complexity index is 239. The molecule has 0 radical (unpaired) electrons. The minimum atomic E-state index is -0.106.